The van der Waals surface area contributed by atoms with Gasteiger partial charge in [0, 0.05) is 38.8 Å². The van der Waals surface area contributed by atoms with Crippen LogP contribution in [0.15, 0.2) is 413 Å². The van der Waals surface area contributed by atoms with Gasteiger partial charge in [-0.25, -0.2) is 29.9 Å². The molecule has 0 radical (unpaired) electrons. The second-order valence-electron chi connectivity index (χ2n) is 32.2. The van der Waals surface area contributed by atoms with Crippen LogP contribution in [0.4, 0.5) is 0 Å². The van der Waals surface area contributed by atoms with Crippen LogP contribution < -0.4 is 0 Å². The molecule has 22 aromatic rings. The lowest BCUT2D eigenvalue weighted by Gasteiger charge is -2.33. The molecule has 0 bridgehead atoms. The second-order valence-corrected chi connectivity index (χ2v) is 32.2. The van der Waals surface area contributed by atoms with E-state index in [1.807, 2.05) is 36.4 Å². The van der Waals surface area contributed by atoms with Gasteiger partial charge in [-0.1, -0.05) is 402 Å². The molecule has 0 spiro atoms. The molecule has 24 rings (SSSR count). The van der Waals surface area contributed by atoms with E-state index >= 15 is 0 Å². The Labute approximate surface area is 694 Å². The average Bonchev–Trinajstić information content (AvgIpc) is 1.52. The third-order valence-corrected chi connectivity index (χ3v) is 25.3. The van der Waals surface area contributed by atoms with E-state index in [9.17, 15) is 0 Å². The minimum Gasteiger partial charge on any atom is -0.208 e. The van der Waals surface area contributed by atoms with Gasteiger partial charge in [0.25, 0.3) is 0 Å². The van der Waals surface area contributed by atoms with Gasteiger partial charge in [-0.15, -0.1) is 0 Å². The molecule has 2 aliphatic rings. The quantitative estimate of drug-likeness (QED) is 0.127. The largest absolute Gasteiger partial charge is 0.208 e. The SMILES string of the molecule is CC1(C)c2ccccc2-c2cc(-c3nc(-c4ccccc4)nc(-c4ccc(-c5cc6c7ccccc7c7ccccc7c6c6ccccc56)cc4)n3)ccc21.c1ccc(-c2nc(-c3ccc(-c4cc5c6ccccc6c6ccccc6c5c5ccccc45)cc3)nc(-c3ccc4c(c3)-c3ccccc3C4(c3ccccc3)c3ccccc3)n2)cc1. The number of fused-ring (bicyclic) bond motifs is 22. The van der Waals surface area contributed by atoms with Gasteiger partial charge < -0.3 is 0 Å². The van der Waals surface area contributed by atoms with E-state index in [2.05, 4.69) is 390 Å². The fourth-order valence-corrected chi connectivity index (χ4v) is 19.8. The summed E-state index contributed by atoms with van der Waals surface area (Å²) in [7, 11) is 0. The molecule has 20 aromatic carbocycles. The van der Waals surface area contributed by atoms with Gasteiger partial charge in [0.2, 0.25) is 0 Å². The molecule has 0 saturated heterocycles. The first-order chi connectivity index (χ1) is 59.3. The molecule has 0 fully saturated rings. The zero-order chi connectivity index (χ0) is 79.6. The number of benzene rings is 20. The molecule has 0 N–H and O–H groups in total. The van der Waals surface area contributed by atoms with Gasteiger partial charge in [0.05, 0.1) is 5.41 Å². The van der Waals surface area contributed by atoms with Gasteiger partial charge in [0.1, 0.15) is 0 Å². The third-order valence-electron chi connectivity index (χ3n) is 25.3. The molecule has 6 nitrogen and oxygen atoms in total. The minimum absolute atomic E-state index is 0.0666. The molecular weight excluding hydrogens is 1450 g/mol. The van der Waals surface area contributed by atoms with E-state index in [0.717, 1.165) is 44.5 Å². The highest BCUT2D eigenvalue weighted by Crippen LogP contribution is 2.57. The fraction of sp³-hybridized carbons (Fsp3) is 0.0351. The summed E-state index contributed by atoms with van der Waals surface area (Å²) in [5.41, 5.74) is 22.4. The smallest absolute Gasteiger partial charge is 0.164 e. The molecule has 560 valence electrons. The van der Waals surface area contributed by atoms with Crippen molar-refractivity contribution in [3.63, 3.8) is 0 Å². The predicted molar refractivity (Wildman–Crippen MR) is 498 cm³/mol. The highest BCUT2D eigenvalue weighted by Gasteiger charge is 2.46. The molecule has 2 heterocycles. The van der Waals surface area contributed by atoms with Crippen LogP contribution in [0.2, 0.25) is 0 Å². The minimum atomic E-state index is -0.481. The monoisotopic (exact) mass is 1530 g/mol. The van der Waals surface area contributed by atoms with Crippen molar-refractivity contribution in [2.75, 3.05) is 0 Å². The summed E-state index contributed by atoms with van der Waals surface area (Å²) in [5.74, 6) is 3.87. The van der Waals surface area contributed by atoms with Crippen molar-refractivity contribution < 1.29 is 0 Å². The van der Waals surface area contributed by atoms with Crippen molar-refractivity contribution in [2.45, 2.75) is 24.7 Å². The molecule has 2 aromatic heterocycles. The van der Waals surface area contributed by atoms with Crippen molar-refractivity contribution in [3.8, 4) is 113 Å². The molecule has 0 amide bonds. The van der Waals surface area contributed by atoms with Crippen LogP contribution in [-0.2, 0) is 10.8 Å². The van der Waals surface area contributed by atoms with Crippen LogP contribution in [0, 0.1) is 0 Å². The highest BCUT2D eigenvalue weighted by molar-refractivity contribution is 6.34. The maximum atomic E-state index is 5.27. The number of hydrogen-bond acceptors (Lipinski definition) is 6. The van der Waals surface area contributed by atoms with Crippen LogP contribution in [-0.4, -0.2) is 29.9 Å². The molecule has 0 saturated carbocycles. The Hall–Kier alpha value is -15.5. The van der Waals surface area contributed by atoms with E-state index in [0.29, 0.717) is 34.9 Å². The maximum absolute atomic E-state index is 5.27. The van der Waals surface area contributed by atoms with Crippen molar-refractivity contribution in [3.05, 3.63) is 446 Å². The summed E-state index contributed by atoms with van der Waals surface area (Å²) in [6, 6.07) is 148. The lowest BCUT2D eigenvalue weighted by molar-refractivity contribution is 0.660. The summed E-state index contributed by atoms with van der Waals surface area (Å²) in [6.45, 7) is 4.61. The van der Waals surface area contributed by atoms with Crippen molar-refractivity contribution in [2.24, 2.45) is 0 Å². The number of hydrogen-bond donors (Lipinski definition) is 0. The lowest BCUT2D eigenvalue weighted by Crippen LogP contribution is -2.28. The fourth-order valence-electron chi connectivity index (χ4n) is 19.8. The molecule has 0 aliphatic heterocycles. The first-order valence-electron chi connectivity index (χ1n) is 41.2. The Kier molecular flexibility index (Phi) is 16.4. The zero-order valence-electron chi connectivity index (χ0n) is 65.9. The van der Waals surface area contributed by atoms with Crippen molar-refractivity contribution in [1.29, 1.82) is 0 Å². The zero-order valence-corrected chi connectivity index (χ0v) is 65.9. The first-order valence-corrected chi connectivity index (χ1v) is 41.2. The second kappa shape index (κ2) is 28.2. The molecule has 120 heavy (non-hydrogen) atoms. The third kappa shape index (κ3) is 11.2. The number of rotatable bonds is 10. The summed E-state index contributed by atoms with van der Waals surface area (Å²) >= 11 is 0. The summed E-state index contributed by atoms with van der Waals surface area (Å²) in [4.78, 5) is 30.9. The van der Waals surface area contributed by atoms with Crippen LogP contribution in [0.1, 0.15) is 47.2 Å². The molecule has 2 aliphatic carbocycles. The van der Waals surface area contributed by atoms with E-state index in [1.54, 1.807) is 0 Å². The topological polar surface area (TPSA) is 77.3 Å². The number of nitrogens with zero attached hydrogens (tertiary/aromatic N) is 6. The molecule has 6 heteroatoms. The van der Waals surface area contributed by atoms with Crippen molar-refractivity contribution >= 4 is 86.2 Å². The Morgan fingerprint density at radius 3 is 0.800 bits per heavy atom. The van der Waals surface area contributed by atoms with Gasteiger partial charge in [-0.2, -0.15) is 0 Å². The summed E-state index contributed by atoms with van der Waals surface area (Å²) in [5, 5.41) is 20.3. The Bertz CT molecular complexity index is 7860. The van der Waals surface area contributed by atoms with Gasteiger partial charge >= 0.3 is 0 Å². The standard InChI is InChI=1S/C62H39N3.C52H35N3/c1-4-18-41(19-5-1)59-63-60(42-34-32-40(33-35-42)53-39-55-48-26-11-10-24-46(48)47-25-12-14-29-51(47)58(55)52-30-15-13-27-49(52)53)65-61(64-59)43-36-37-57-54(38-43)50-28-16-17-31-56(50)62(57,44-20-6-2-7-21-44)45-22-8-3-9-23-45;1-52(2)46-23-13-12-20-40(46)44-30-35(28-29-47(44)52)51-54-49(33-14-4-3-5-15-33)53-50(55-51)34-26-24-32(25-27-34)43-31-45-38-18-7-6-16-36(38)37-17-8-10-21-41(37)48(45)42-22-11-9-19-39(42)43/h1-39H;3-31H,1-2H3. The van der Waals surface area contributed by atoms with Gasteiger partial charge in [-0.05, 0) is 188 Å². The van der Waals surface area contributed by atoms with E-state index in [-0.39, 0.29) is 5.41 Å². The highest BCUT2D eigenvalue weighted by atomic mass is 15.0. The van der Waals surface area contributed by atoms with Crippen LogP contribution in [0.25, 0.3) is 199 Å². The summed E-state index contributed by atoms with van der Waals surface area (Å²) < 4.78 is 0. The Balaban J connectivity index is 0.000000142. The Morgan fingerprint density at radius 2 is 0.400 bits per heavy atom. The van der Waals surface area contributed by atoms with E-state index in [4.69, 9.17) is 29.9 Å². The molecule has 0 atom stereocenters. The molecular formula is C114H74N6. The summed E-state index contributed by atoms with van der Waals surface area (Å²) in [6.07, 6.45) is 0. The lowest BCUT2D eigenvalue weighted by atomic mass is 9.67. The number of aromatic nitrogens is 6. The van der Waals surface area contributed by atoms with E-state index < -0.39 is 5.41 Å². The first kappa shape index (κ1) is 70.0. The maximum Gasteiger partial charge on any atom is 0.164 e. The van der Waals surface area contributed by atoms with Gasteiger partial charge in [0.15, 0.2) is 34.9 Å². The van der Waals surface area contributed by atoms with Crippen LogP contribution in [0.5, 0.6) is 0 Å². The normalized spacial score (nSPS) is 12.9. The molecule has 0 unspecified atom stereocenters. The predicted octanol–water partition coefficient (Wildman–Crippen LogP) is 29.0. The van der Waals surface area contributed by atoms with Gasteiger partial charge in [-0.3, -0.25) is 0 Å². The average molecular weight is 1530 g/mol. The Morgan fingerprint density at radius 1 is 0.158 bits per heavy atom. The van der Waals surface area contributed by atoms with Crippen LogP contribution in [0.3, 0.4) is 0 Å². The van der Waals surface area contributed by atoms with Crippen LogP contribution >= 0.6 is 0 Å². The van der Waals surface area contributed by atoms with Crippen molar-refractivity contribution in [1.82, 2.24) is 29.9 Å². The van der Waals surface area contributed by atoms with E-state index in [1.165, 1.54) is 153 Å².